The molecule has 1 saturated carbocycles. The smallest absolute Gasteiger partial charge is 0.416 e. The molecule has 0 radical (unpaired) electrons. The van der Waals surface area contributed by atoms with E-state index >= 15 is 0 Å². The van der Waals surface area contributed by atoms with E-state index in [1.165, 1.54) is 42.7 Å². The van der Waals surface area contributed by atoms with E-state index in [1.54, 1.807) is 17.8 Å². The van der Waals surface area contributed by atoms with E-state index in [-0.39, 0.29) is 0 Å². The number of nitrogens with one attached hydrogen (secondary N) is 1. The van der Waals surface area contributed by atoms with Crippen molar-refractivity contribution in [3.63, 3.8) is 0 Å². The van der Waals surface area contributed by atoms with Gasteiger partial charge in [0.1, 0.15) is 10.8 Å². The second kappa shape index (κ2) is 12.3. The molecule has 1 fully saturated rings. The van der Waals surface area contributed by atoms with Gasteiger partial charge in [-0.3, -0.25) is 0 Å². The predicted molar refractivity (Wildman–Crippen MR) is 140 cm³/mol. The summed E-state index contributed by atoms with van der Waals surface area (Å²) in [5.41, 5.74) is 1.77. The Morgan fingerprint density at radius 3 is 2.54 bits per heavy atom. The van der Waals surface area contributed by atoms with Gasteiger partial charge in [-0.15, -0.1) is 23.1 Å². The molecule has 10 heteroatoms. The van der Waals surface area contributed by atoms with Crippen LogP contribution in [0.2, 0.25) is 0 Å². The molecule has 0 amide bonds. The summed E-state index contributed by atoms with van der Waals surface area (Å²) in [5.74, 6) is 0.169. The Morgan fingerprint density at radius 1 is 1.16 bits per heavy atom. The van der Waals surface area contributed by atoms with Gasteiger partial charge >= 0.3 is 12.1 Å². The van der Waals surface area contributed by atoms with Crippen molar-refractivity contribution < 1.29 is 27.8 Å². The van der Waals surface area contributed by atoms with Crippen molar-refractivity contribution in [1.29, 1.82) is 0 Å². The number of carboxylic acid groups (broad SMARTS) is 1. The highest BCUT2D eigenvalue weighted by molar-refractivity contribution is 7.98. The number of carbonyl (C=O) groups is 1. The molecule has 0 bridgehead atoms. The van der Waals surface area contributed by atoms with E-state index in [0.29, 0.717) is 34.7 Å². The van der Waals surface area contributed by atoms with E-state index < -0.39 is 24.3 Å². The van der Waals surface area contributed by atoms with Crippen LogP contribution in [0.3, 0.4) is 0 Å². The second-order valence-corrected chi connectivity index (χ2v) is 11.2. The summed E-state index contributed by atoms with van der Waals surface area (Å²) < 4.78 is 44.3. The van der Waals surface area contributed by atoms with E-state index in [9.17, 15) is 18.0 Å². The molecular weight excluding hydrogens is 521 g/mol. The van der Waals surface area contributed by atoms with Crippen molar-refractivity contribution in [2.45, 2.75) is 68.4 Å². The number of aryl methyl sites for hydroxylation is 1. The molecule has 0 spiro atoms. The number of aromatic nitrogens is 1. The summed E-state index contributed by atoms with van der Waals surface area (Å²) >= 11 is 3.14. The van der Waals surface area contributed by atoms with Crippen LogP contribution in [0.5, 0.6) is 5.75 Å². The number of hydrogen-bond acceptors (Lipinski definition) is 6. The Bertz CT molecular complexity index is 1210. The third-order valence-electron chi connectivity index (χ3n) is 6.27. The van der Waals surface area contributed by atoms with Crippen molar-refractivity contribution in [1.82, 2.24) is 10.3 Å². The number of thioether (sulfide) groups is 1. The number of carboxylic acids is 1. The quantitative estimate of drug-likeness (QED) is 0.258. The van der Waals surface area contributed by atoms with Gasteiger partial charge in [0.25, 0.3) is 0 Å². The molecular formula is C27H29F3N2O3S2. The Morgan fingerprint density at radius 2 is 1.89 bits per heavy atom. The van der Waals surface area contributed by atoms with Gasteiger partial charge in [0.05, 0.1) is 11.3 Å². The molecule has 0 atom stereocenters. The first-order valence-corrected chi connectivity index (χ1v) is 14.0. The number of rotatable bonds is 10. The highest BCUT2D eigenvalue weighted by Crippen LogP contribution is 2.36. The number of hydrogen-bond donors (Lipinski definition) is 2. The Balaban J connectivity index is 1.50. The maximum Gasteiger partial charge on any atom is 0.416 e. The van der Waals surface area contributed by atoms with Gasteiger partial charge in [0.2, 0.25) is 0 Å². The Hall–Kier alpha value is -2.56. The van der Waals surface area contributed by atoms with E-state index in [2.05, 4.69) is 5.32 Å². The number of nitrogens with zero attached hydrogens (tertiary/aromatic N) is 1. The van der Waals surface area contributed by atoms with Crippen LogP contribution in [0, 0.1) is 6.92 Å². The third kappa shape index (κ3) is 7.72. The van der Waals surface area contributed by atoms with Crippen molar-refractivity contribution in [3.8, 4) is 16.3 Å². The fourth-order valence-electron chi connectivity index (χ4n) is 4.27. The Labute approximate surface area is 222 Å². The minimum absolute atomic E-state index is 0.391. The fourth-order valence-corrected chi connectivity index (χ4v) is 6.45. The average molecular weight is 551 g/mol. The predicted octanol–water partition coefficient (Wildman–Crippen LogP) is 7.32. The average Bonchev–Trinajstić information content (AvgIpc) is 3.29. The van der Waals surface area contributed by atoms with Crippen molar-refractivity contribution in [2.24, 2.45) is 0 Å². The van der Waals surface area contributed by atoms with Gasteiger partial charge < -0.3 is 15.2 Å². The lowest BCUT2D eigenvalue weighted by Crippen LogP contribution is -2.30. The van der Waals surface area contributed by atoms with Crippen molar-refractivity contribution in [3.05, 3.63) is 64.2 Å². The zero-order valence-electron chi connectivity index (χ0n) is 20.4. The van der Waals surface area contributed by atoms with Crippen molar-refractivity contribution >= 4 is 29.1 Å². The van der Waals surface area contributed by atoms with Gasteiger partial charge in [-0.05, 0) is 55.7 Å². The molecule has 5 nitrogen and oxygen atoms in total. The molecule has 0 unspecified atom stereocenters. The molecule has 37 heavy (non-hydrogen) atoms. The molecule has 1 aromatic heterocycles. The minimum atomic E-state index is -4.37. The summed E-state index contributed by atoms with van der Waals surface area (Å²) in [6.45, 7) is 2.10. The molecule has 2 N–H and O–H groups in total. The molecule has 1 heterocycles. The van der Waals surface area contributed by atoms with E-state index in [4.69, 9.17) is 14.8 Å². The van der Waals surface area contributed by atoms with Gasteiger partial charge in [-0.25, -0.2) is 9.78 Å². The minimum Gasteiger partial charge on any atom is -0.482 e. The summed E-state index contributed by atoms with van der Waals surface area (Å²) in [5, 5.41) is 13.2. The first kappa shape index (κ1) is 27.5. The number of halogens is 3. The number of ether oxygens (including phenoxy) is 1. The molecule has 1 aliphatic carbocycles. The van der Waals surface area contributed by atoms with Gasteiger partial charge in [-0.2, -0.15) is 13.2 Å². The van der Waals surface area contributed by atoms with Crippen LogP contribution in [0.15, 0.2) is 47.4 Å². The van der Waals surface area contributed by atoms with Gasteiger partial charge in [0, 0.05) is 33.7 Å². The number of benzene rings is 2. The van der Waals surface area contributed by atoms with Gasteiger partial charge in [0.15, 0.2) is 6.61 Å². The zero-order chi connectivity index (χ0) is 26.4. The van der Waals surface area contributed by atoms with Crippen LogP contribution >= 0.6 is 23.1 Å². The second-order valence-electron chi connectivity index (χ2n) is 9.08. The molecule has 0 saturated heterocycles. The van der Waals surface area contributed by atoms with Crippen LogP contribution in [0.4, 0.5) is 13.2 Å². The number of alkyl halides is 3. The maximum atomic E-state index is 13.0. The first-order valence-electron chi connectivity index (χ1n) is 12.2. The first-order chi connectivity index (χ1) is 17.7. The summed E-state index contributed by atoms with van der Waals surface area (Å²) in [7, 11) is 0. The molecule has 3 aromatic rings. The zero-order valence-corrected chi connectivity index (χ0v) is 22.1. The summed E-state index contributed by atoms with van der Waals surface area (Å²) in [4.78, 5) is 17.7. The third-order valence-corrected chi connectivity index (χ3v) is 8.62. The lowest BCUT2D eigenvalue weighted by molar-refractivity contribution is -0.139. The van der Waals surface area contributed by atoms with Crippen LogP contribution < -0.4 is 10.1 Å². The fraction of sp³-hybridized carbons (Fsp3) is 0.407. The Kier molecular flexibility index (Phi) is 9.15. The number of aliphatic carboxylic acids is 1. The normalized spacial score (nSPS) is 14.6. The molecule has 4 rings (SSSR count). The summed E-state index contributed by atoms with van der Waals surface area (Å²) in [6, 6.07) is 11.3. The molecule has 198 valence electrons. The summed E-state index contributed by atoms with van der Waals surface area (Å²) in [6.07, 6.45) is 1.64. The molecule has 2 aromatic carbocycles. The highest BCUT2D eigenvalue weighted by atomic mass is 32.2. The standard InChI is InChI=1S/C27H29F3N2O3S2/c1-17-13-21(11-12-23(17)35-15-25(33)34)36-16-24-22(14-31-20-5-3-2-4-6-20)32-26(37-24)18-7-9-19(10-8-18)27(28,29)30/h7-13,20,31H,2-6,14-16H2,1H3,(H,33,34). The monoisotopic (exact) mass is 550 g/mol. The van der Waals surface area contributed by atoms with Crippen LogP contribution in [-0.2, 0) is 23.3 Å². The van der Waals surface area contributed by atoms with E-state index in [1.807, 2.05) is 19.1 Å². The number of thiazole rings is 1. The van der Waals surface area contributed by atoms with Crippen molar-refractivity contribution in [2.75, 3.05) is 6.61 Å². The SMILES string of the molecule is Cc1cc(SCc2sc(-c3ccc(C(F)(F)F)cc3)nc2CNC2CCCCC2)ccc1OCC(=O)O. The molecule has 0 aliphatic heterocycles. The maximum absolute atomic E-state index is 13.0. The van der Waals surface area contributed by atoms with Crippen LogP contribution in [0.1, 0.15) is 53.8 Å². The topological polar surface area (TPSA) is 71.5 Å². The molecule has 1 aliphatic rings. The highest BCUT2D eigenvalue weighted by Gasteiger charge is 2.30. The lowest BCUT2D eigenvalue weighted by atomic mass is 9.95. The van der Waals surface area contributed by atoms with Crippen LogP contribution in [0.25, 0.3) is 10.6 Å². The van der Waals surface area contributed by atoms with Gasteiger partial charge in [-0.1, -0.05) is 31.4 Å². The van der Waals surface area contributed by atoms with E-state index in [0.717, 1.165) is 46.0 Å². The largest absolute Gasteiger partial charge is 0.482 e. The van der Waals surface area contributed by atoms with Crippen LogP contribution in [-0.4, -0.2) is 28.7 Å². The lowest BCUT2D eigenvalue weighted by Gasteiger charge is -2.22.